The van der Waals surface area contributed by atoms with E-state index < -0.39 is 6.16 Å². The van der Waals surface area contributed by atoms with Crippen LogP contribution in [0.3, 0.4) is 0 Å². The first-order valence-corrected chi connectivity index (χ1v) is 0.612. The van der Waals surface area contributed by atoms with E-state index in [4.69, 9.17) is 15.0 Å². The number of carbonyl (C=O) groups excluding carboxylic acids is 1. The molecule has 6 heavy (non-hydrogen) atoms. The van der Waals surface area contributed by atoms with Crippen LogP contribution in [0.5, 0.6) is 0 Å². The van der Waals surface area contributed by atoms with Crippen LogP contribution in [-0.4, -0.2) is 11.6 Å². The third-order valence-corrected chi connectivity index (χ3v) is 0. The normalized spacial score (nSPS) is 4.00. The van der Waals surface area contributed by atoms with Crippen LogP contribution in [0.25, 0.3) is 0 Å². The fourth-order valence-corrected chi connectivity index (χ4v) is 0. The van der Waals surface area contributed by atoms with Crippen molar-refractivity contribution in [3.8, 4) is 0 Å². The molecule has 0 saturated carbocycles. The van der Waals surface area contributed by atoms with Crippen molar-refractivity contribution in [1.82, 2.24) is 0 Å². The van der Waals surface area contributed by atoms with Crippen LogP contribution in [0.2, 0.25) is 0 Å². The molecule has 0 aliphatic rings. The summed E-state index contributed by atoms with van der Waals surface area (Å²) in [7, 11) is 0. The van der Waals surface area contributed by atoms with Crippen molar-refractivity contribution in [3.63, 3.8) is 0 Å². The molecule has 0 unspecified atom stereocenters. The van der Waals surface area contributed by atoms with E-state index in [1.807, 2.05) is 0 Å². The van der Waals surface area contributed by atoms with Gasteiger partial charge in [-0.2, -0.15) is 0 Å². The molecule has 0 rings (SSSR count). The summed E-state index contributed by atoms with van der Waals surface area (Å²) in [6.07, 6.45) is -2.33. The molecule has 0 aliphatic heterocycles. The standard InChI is InChI=1S/CH2O3.Co.H2O/c2-1(3)4;;/h(H2,2,3,4);;1H2/q;+2;/p-3. The van der Waals surface area contributed by atoms with Crippen LogP contribution in [-0.2, 0) is 16.8 Å². The molecule has 0 atom stereocenters. The van der Waals surface area contributed by atoms with Crippen LogP contribution in [0.1, 0.15) is 0 Å². The van der Waals surface area contributed by atoms with Crippen molar-refractivity contribution in [2.24, 2.45) is 0 Å². The van der Waals surface area contributed by atoms with Crippen LogP contribution in [0.15, 0.2) is 0 Å². The minimum atomic E-state index is -2.33. The molecular formula is CHCoO4-. The van der Waals surface area contributed by atoms with Crippen molar-refractivity contribution in [3.05, 3.63) is 0 Å². The quantitative estimate of drug-likeness (QED) is 0.364. The first-order valence-electron chi connectivity index (χ1n) is 0.612. The summed E-state index contributed by atoms with van der Waals surface area (Å²) < 4.78 is 0. The van der Waals surface area contributed by atoms with Gasteiger partial charge in [0.2, 0.25) is 0 Å². The summed E-state index contributed by atoms with van der Waals surface area (Å²) >= 11 is 0. The Morgan fingerprint density at radius 1 is 1.33 bits per heavy atom. The zero-order valence-corrected chi connectivity index (χ0v) is 3.55. The van der Waals surface area contributed by atoms with Gasteiger partial charge in [0.25, 0.3) is 0 Å². The van der Waals surface area contributed by atoms with Crippen molar-refractivity contribution in [2.75, 3.05) is 0 Å². The summed E-state index contributed by atoms with van der Waals surface area (Å²) in [6, 6.07) is 0. The molecule has 0 aromatic heterocycles. The maximum absolute atomic E-state index is 8.33. The van der Waals surface area contributed by atoms with Gasteiger partial charge in [-0.25, -0.2) is 0 Å². The third-order valence-electron chi connectivity index (χ3n) is 0. The van der Waals surface area contributed by atoms with Crippen molar-refractivity contribution in [1.29, 1.82) is 0 Å². The van der Waals surface area contributed by atoms with E-state index in [2.05, 4.69) is 0 Å². The second-order valence-electron chi connectivity index (χ2n) is 0.250. The zero-order chi connectivity index (χ0) is 3.58. The predicted octanol–water partition coefficient (Wildman–Crippen LogP) is -2.63. The first-order chi connectivity index (χ1) is 1.73. The number of rotatable bonds is 0. The first kappa shape index (κ1) is 17.2. The second kappa shape index (κ2) is 8.83. The molecule has 0 fully saturated rings. The van der Waals surface area contributed by atoms with Crippen molar-refractivity contribution < 1.29 is 37.3 Å². The summed E-state index contributed by atoms with van der Waals surface area (Å²) in [5, 5.41) is 16.7. The molecule has 0 amide bonds. The molecule has 0 bridgehead atoms. The average molecular weight is 136 g/mol. The summed E-state index contributed by atoms with van der Waals surface area (Å²) in [5.74, 6) is 0. The minimum absolute atomic E-state index is 0. The topological polar surface area (TPSA) is 93.2 Å². The zero-order valence-electron chi connectivity index (χ0n) is 2.51. The Labute approximate surface area is 44.3 Å². The SMILES string of the molecule is O=C([O-])[O-].[Co+2].[OH-]. The van der Waals surface area contributed by atoms with Gasteiger partial charge in [-0.3, -0.25) is 0 Å². The van der Waals surface area contributed by atoms with Gasteiger partial charge in [-0.05, 0) is 6.16 Å². The Morgan fingerprint density at radius 2 is 1.33 bits per heavy atom. The molecule has 1 N–H and O–H groups in total. The third kappa shape index (κ3) is 403. The fraction of sp³-hybridized carbons (Fsp3) is 0. The molecule has 1 radical (unpaired) electrons. The number of carbonyl (C=O) groups is 1. The van der Waals surface area contributed by atoms with Gasteiger partial charge in [0.15, 0.2) is 0 Å². The van der Waals surface area contributed by atoms with Crippen LogP contribution in [0.4, 0.5) is 4.79 Å². The maximum atomic E-state index is 8.33. The molecule has 0 aromatic rings. The van der Waals surface area contributed by atoms with E-state index in [9.17, 15) is 0 Å². The summed E-state index contributed by atoms with van der Waals surface area (Å²) in [5.41, 5.74) is 0. The van der Waals surface area contributed by atoms with E-state index in [0.717, 1.165) is 0 Å². The average Bonchev–Trinajstić information content (AvgIpc) is 0.811. The maximum Gasteiger partial charge on any atom is 2.00 e. The van der Waals surface area contributed by atoms with Gasteiger partial charge in [0.05, 0.1) is 0 Å². The van der Waals surface area contributed by atoms with Gasteiger partial charge in [-0.1, -0.05) is 0 Å². The monoisotopic (exact) mass is 136 g/mol. The van der Waals surface area contributed by atoms with Gasteiger partial charge in [-0.15, -0.1) is 0 Å². The van der Waals surface area contributed by atoms with E-state index in [-0.39, 0.29) is 22.3 Å². The Balaban J connectivity index is -0.0000000450. The molecule has 39 valence electrons. The largest absolute Gasteiger partial charge is 2.00 e. The molecular weight excluding hydrogens is 135 g/mol. The summed E-state index contributed by atoms with van der Waals surface area (Å²) in [4.78, 5) is 8.33. The van der Waals surface area contributed by atoms with Crippen molar-refractivity contribution >= 4 is 6.16 Å². The van der Waals surface area contributed by atoms with Crippen LogP contribution >= 0.6 is 0 Å². The molecule has 0 aromatic carbocycles. The Bertz CT molecular complexity index is 30.5. The molecule has 0 saturated heterocycles. The molecule has 0 aliphatic carbocycles. The smallest absolute Gasteiger partial charge is 0.870 e. The van der Waals surface area contributed by atoms with E-state index in [1.165, 1.54) is 0 Å². The fourth-order valence-electron chi connectivity index (χ4n) is 0. The van der Waals surface area contributed by atoms with Gasteiger partial charge >= 0.3 is 16.8 Å². The second-order valence-corrected chi connectivity index (χ2v) is 0.250. The Hall–Kier alpha value is -0.264. The molecule has 0 heterocycles. The number of hydrogen-bond donors (Lipinski definition) is 0. The van der Waals surface area contributed by atoms with Gasteiger partial charge < -0.3 is 20.5 Å². The van der Waals surface area contributed by atoms with E-state index in [0.29, 0.717) is 0 Å². The number of hydrogen-bond acceptors (Lipinski definition) is 4. The Morgan fingerprint density at radius 3 is 1.33 bits per heavy atom. The van der Waals surface area contributed by atoms with Crippen LogP contribution < -0.4 is 10.2 Å². The minimum Gasteiger partial charge on any atom is -0.870 e. The van der Waals surface area contributed by atoms with Gasteiger partial charge in [0.1, 0.15) is 0 Å². The molecule has 0 spiro atoms. The molecule has 4 nitrogen and oxygen atoms in total. The number of carboxylic acid groups (broad SMARTS) is 2. The molecule has 5 heteroatoms. The van der Waals surface area contributed by atoms with Gasteiger partial charge in [0, 0.05) is 0 Å². The Kier molecular flexibility index (Phi) is 25.3. The predicted molar refractivity (Wildman–Crippen MR) is 7.33 cm³/mol. The van der Waals surface area contributed by atoms with Crippen LogP contribution in [0, 0.1) is 0 Å². The van der Waals surface area contributed by atoms with E-state index in [1.54, 1.807) is 0 Å². The van der Waals surface area contributed by atoms with Crippen molar-refractivity contribution in [2.45, 2.75) is 0 Å². The van der Waals surface area contributed by atoms with E-state index >= 15 is 0 Å². The summed E-state index contributed by atoms with van der Waals surface area (Å²) in [6.45, 7) is 0.